The molecule has 2 rings (SSSR count). The number of ketones is 3. The van der Waals surface area contributed by atoms with Gasteiger partial charge in [0.25, 0.3) is 0 Å². The summed E-state index contributed by atoms with van der Waals surface area (Å²) < 4.78 is 21.7. The number of ether oxygens (including phenoxy) is 2. The van der Waals surface area contributed by atoms with Gasteiger partial charge in [0.05, 0.1) is 47.1 Å². The Hall–Kier alpha value is -5.95. The van der Waals surface area contributed by atoms with E-state index in [-0.39, 0.29) is 141 Å². The third-order valence-electron chi connectivity index (χ3n) is 14.8. The number of methoxy groups -OCH3 is 2. The van der Waals surface area contributed by atoms with E-state index < -0.39 is 22.6 Å². The highest BCUT2D eigenvalue weighted by Crippen LogP contribution is 2.38. The lowest BCUT2D eigenvalue weighted by atomic mass is 10.1. The average molecular weight is 1220 g/mol. The van der Waals surface area contributed by atoms with Crippen LogP contribution in [0, 0.1) is 0 Å². The number of nitrogens with one attached hydrogen (secondary N) is 2. The Labute approximate surface area is 504 Å². The van der Waals surface area contributed by atoms with Gasteiger partial charge in [-0.15, -0.1) is 0 Å². The number of esters is 2. The predicted molar refractivity (Wildman–Crippen MR) is 336 cm³/mol. The minimum atomic E-state index is -1.92. The van der Waals surface area contributed by atoms with Crippen molar-refractivity contribution in [2.24, 2.45) is 5.73 Å². The Bertz CT molecular complexity index is 2450. The van der Waals surface area contributed by atoms with Gasteiger partial charge in [-0.2, -0.15) is 0 Å². The van der Waals surface area contributed by atoms with Crippen molar-refractivity contribution in [3.05, 3.63) is 58.7 Å². The van der Waals surface area contributed by atoms with Crippen molar-refractivity contribution < 1.29 is 71.4 Å². The van der Waals surface area contributed by atoms with Gasteiger partial charge in [0.2, 0.25) is 23.6 Å². The summed E-state index contributed by atoms with van der Waals surface area (Å²) in [4.78, 5) is 120. The molecule has 0 unspecified atom stereocenters. The number of amides is 4. The molecule has 0 aliphatic carbocycles. The topological polar surface area (TPSA) is 284 Å². The van der Waals surface area contributed by atoms with Crippen LogP contribution >= 0.6 is 0 Å². The van der Waals surface area contributed by atoms with E-state index in [0.717, 1.165) is 46.5 Å². The minimum Gasteiger partial charge on any atom is -0.481 e. The lowest BCUT2D eigenvalue weighted by molar-refractivity contribution is -0.141. The zero-order valence-electron chi connectivity index (χ0n) is 52.9. The number of nitrogens with zero attached hydrogens (tertiary/aromatic N) is 2. The SMILES string of the molecule is C.CCc1cc(CO[Si](C)(C)C(C)(C)C)cc(N(C)C(=O)CCC(=O)CNC(=O)CCC(=O)CCCCC(=O)OC)c1.CCc1cc(CO[Si](C)(C)C(C)(C)C)cc(N(C)C(=O)CCC(=O)CNC(=O)CN)c1.COC(=O)CCCCC(=O)O. The summed E-state index contributed by atoms with van der Waals surface area (Å²) in [6.07, 6.45) is 5.18. The van der Waals surface area contributed by atoms with E-state index in [4.69, 9.17) is 19.7 Å². The van der Waals surface area contributed by atoms with Crippen LogP contribution in [-0.4, -0.2) is 129 Å². The zero-order chi connectivity index (χ0) is 63.7. The fourth-order valence-electron chi connectivity index (χ4n) is 6.98. The second-order valence-corrected chi connectivity index (χ2v) is 33.2. The third-order valence-corrected chi connectivity index (χ3v) is 23.8. The highest BCUT2D eigenvalue weighted by Gasteiger charge is 2.38. The number of nitrogens with two attached hydrogens (primary N) is 1. The fraction of sp³-hybridized carbons (Fsp3) is 0.645. The van der Waals surface area contributed by atoms with E-state index >= 15 is 0 Å². The largest absolute Gasteiger partial charge is 0.481 e. The number of carboxylic acid groups (broad SMARTS) is 1. The van der Waals surface area contributed by atoms with Gasteiger partial charge in [-0.25, -0.2) is 0 Å². The number of carboxylic acids is 1. The highest BCUT2D eigenvalue weighted by atomic mass is 28.4. The van der Waals surface area contributed by atoms with Crippen molar-refractivity contribution in [2.75, 3.05) is 57.7 Å². The van der Waals surface area contributed by atoms with Crippen molar-refractivity contribution in [3.63, 3.8) is 0 Å². The van der Waals surface area contributed by atoms with Gasteiger partial charge < -0.3 is 49.6 Å². The number of Topliss-reactive ketones (excluding diaryl/α,β-unsaturated/α-hetero) is 3. The van der Waals surface area contributed by atoms with Crippen LogP contribution in [0.15, 0.2) is 36.4 Å². The second-order valence-electron chi connectivity index (χ2n) is 23.6. The van der Waals surface area contributed by atoms with Gasteiger partial charge in [-0.1, -0.05) is 74.9 Å². The molecule has 2 aromatic rings. The van der Waals surface area contributed by atoms with Crippen molar-refractivity contribution in [2.45, 2.75) is 215 Å². The van der Waals surface area contributed by atoms with Crippen LogP contribution in [0.3, 0.4) is 0 Å². The molecule has 0 spiro atoms. The normalized spacial score (nSPS) is 11.2. The summed E-state index contributed by atoms with van der Waals surface area (Å²) >= 11 is 0. The number of hydrogen-bond acceptors (Lipinski definition) is 15. The second kappa shape index (κ2) is 40.4. The first-order chi connectivity index (χ1) is 38.6. The summed E-state index contributed by atoms with van der Waals surface area (Å²) in [5.74, 6) is -3.03. The van der Waals surface area contributed by atoms with E-state index in [2.05, 4.69) is 114 Å². The van der Waals surface area contributed by atoms with Gasteiger partial charge >= 0.3 is 17.9 Å². The molecule has 0 radical (unpaired) electrons. The molecule has 5 N–H and O–H groups in total. The highest BCUT2D eigenvalue weighted by molar-refractivity contribution is 6.74. The number of aliphatic carboxylic acids is 1. The lowest BCUT2D eigenvalue weighted by Crippen LogP contribution is -2.40. The molecule has 0 aliphatic rings. The van der Waals surface area contributed by atoms with Crippen LogP contribution in [0.4, 0.5) is 11.4 Å². The predicted octanol–water partition coefficient (Wildman–Crippen LogP) is 9.88. The van der Waals surface area contributed by atoms with E-state index in [1.807, 2.05) is 24.3 Å². The number of anilines is 2. The monoisotopic (exact) mass is 1220 g/mol. The first-order valence-corrected chi connectivity index (χ1v) is 34.6. The molecule has 0 saturated heterocycles. The van der Waals surface area contributed by atoms with Crippen molar-refractivity contribution in [1.29, 1.82) is 0 Å². The van der Waals surface area contributed by atoms with Gasteiger partial charge in [0.15, 0.2) is 28.2 Å². The van der Waals surface area contributed by atoms with Crippen LogP contribution in [0.1, 0.15) is 175 Å². The number of hydrogen-bond donors (Lipinski definition) is 4. The number of unbranched alkanes of at least 4 members (excludes halogenated alkanes) is 2. The molecule has 0 aliphatic heterocycles. The van der Waals surface area contributed by atoms with Crippen LogP contribution in [0.2, 0.25) is 36.3 Å². The van der Waals surface area contributed by atoms with Crippen LogP contribution < -0.4 is 26.2 Å². The standard InChI is InChI=1S/C31H50N2O7Si.C23H39N3O4Si.C7H12O4.CH4/c1-9-23-18-24(22-40-41(7,8)31(2,3)4)20-25(19-23)33(5)29(37)17-15-27(35)21-32-28(36)16-14-26(34)12-10-11-13-30(38)39-6;1-8-17-11-18(16-30-31(6,7)23(2,3)4)13-19(12-17)26(5)22(29)10-9-20(27)15-25-21(28)14-24;1-11-7(10)5-3-2-4-6(8)9;/h18-20H,9-17,21-22H2,1-8H3,(H,32,36);11-13H,8-10,14-16,24H2,1-7H3,(H,25,28);2-5H2,1H3,(H,8,9);1H4. The Balaban J connectivity index is 0. The molecule has 0 aromatic heterocycles. The molecule has 0 bridgehead atoms. The van der Waals surface area contributed by atoms with Crippen LogP contribution in [0.25, 0.3) is 0 Å². The molecular weight excluding hydrogens is 1110 g/mol. The minimum absolute atomic E-state index is 0. The molecule has 0 atom stereocenters. The van der Waals surface area contributed by atoms with Gasteiger partial charge in [0.1, 0.15) is 5.78 Å². The molecule has 4 amide bonds. The van der Waals surface area contributed by atoms with Crippen molar-refractivity contribution in [1.82, 2.24) is 10.6 Å². The maximum Gasteiger partial charge on any atom is 0.305 e. The summed E-state index contributed by atoms with van der Waals surface area (Å²) in [7, 11) is 2.26. The van der Waals surface area contributed by atoms with Gasteiger partial charge in [-0.05, 0) is 121 Å². The number of carbonyl (C=O) groups excluding carboxylic acids is 9. The Morgan fingerprint density at radius 2 is 0.845 bits per heavy atom. The molecule has 0 heterocycles. The van der Waals surface area contributed by atoms with Crippen molar-refractivity contribution in [3.8, 4) is 0 Å². The maximum absolute atomic E-state index is 12.9. The molecular formula is C62H105N5O15Si2. The summed E-state index contributed by atoms with van der Waals surface area (Å²) in [5, 5.41) is 13.4. The van der Waals surface area contributed by atoms with Crippen LogP contribution in [-0.2, 0) is 92.3 Å². The third kappa shape index (κ3) is 33.5. The van der Waals surface area contributed by atoms with Crippen LogP contribution in [0.5, 0.6) is 0 Å². The first kappa shape index (κ1) is 80.1. The molecule has 2 aromatic carbocycles. The first-order valence-electron chi connectivity index (χ1n) is 28.8. The number of carbonyl (C=O) groups is 10. The van der Waals surface area contributed by atoms with E-state index in [1.165, 1.54) is 14.2 Å². The molecule has 22 heteroatoms. The fourth-order valence-corrected chi connectivity index (χ4v) is 8.90. The Kier molecular flexibility index (Phi) is 38.5. The Morgan fingerprint density at radius 3 is 1.19 bits per heavy atom. The van der Waals surface area contributed by atoms with E-state index in [0.29, 0.717) is 51.7 Å². The summed E-state index contributed by atoms with van der Waals surface area (Å²) in [6, 6.07) is 12.2. The lowest BCUT2D eigenvalue weighted by Gasteiger charge is -2.36. The zero-order valence-corrected chi connectivity index (χ0v) is 54.9. The van der Waals surface area contributed by atoms with E-state index in [9.17, 15) is 47.9 Å². The Morgan fingerprint density at radius 1 is 0.500 bits per heavy atom. The number of benzene rings is 2. The average Bonchev–Trinajstić information content (AvgIpc) is 3.65. The molecule has 84 heavy (non-hydrogen) atoms. The smallest absolute Gasteiger partial charge is 0.305 e. The quantitative estimate of drug-likeness (QED) is 0.0288. The molecule has 0 fully saturated rings. The molecule has 0 saturated carbocycles. The molecule has 476 valence electrons. The number of rotatable bonds is 34. The molecule has 20 nitrogen and oxygen atoms in total. The maximum atomic E-state index is 12.9. The van der Waals surface area contributed by atoms with Gasteiger partial charge in [-0.3, -0.25) is 47.9 Å². The van der Waals surface area contributed by atoms with Gasteiger partial charge in [0, 0.05) is 89.7 Å². The summed E-state index contributed by atoms with van der Waals surface area (Å²) in [5.41, 5.74) is 11.0. The summed E-state index contributed by atoms with van der Waals surface area (Å²) in [6.45, 7) is 26.8. The number of aryl methyl sites for hydroxylation is 2. The van der Waals surface area contributed by atoms with Crippen molar-refractivity contribution >= 4 is 86.9 Å². The van der Waals surface area contributed by atoms with E-state index in [1.54, 1.807) is 23.9 Å².